The molecule has 0 aromatic heterocycles. The highest BCUT2D eigenvalue weighted by Crippen LogP contribution is 2.21. The van der Waals surface area contributed by atoms with Crippen LogP contribution in [0, 0.1) is 0 Å². The first-order valence-corrected chi connectivity index (χ1v) is 5.73. The van der Waals surface area contributed by atoms with E-state index in [-0.39, 0.29) is 17.3 Å². The molecule has 1 atom stereocenters. The Labute approximate surface area is 103 Å². The van der Waals surface area contributed by atoms with Crippen molar-refractivity contribution in [2.75, 3.05) is 6.54 Å². The molecule has 0 saturated carbocycles. The Hall–Kier alpha value is -1.55. The highest BCUT2D eigenvalue weighted by Gasteiger charge is 2.21. The van der Waals surface area contributed by atoms with E-state index >= 15 is 0 Å². The van der Waals surface area contributed by atoms with Gasteiger partial charge in [0.05, 0.1) is 6.04 Å². The smallest absolute Gasteiger partial charge is 0.156 e. The number of oxime groups is 1. The van der Waals surface area contributed by atoms with E-state index in [1.807, 2.05) is 25.1 Å². The Morgan fingerprint density at radius 1 is 1.41 bits per heavy atom. The summed E-state index contributed by atoms with van der Waals surface area (Å²) in [6, 6.07) is 10.1. The first-order valence-electron chi connectivity index (χ1n) is 5.73. The molecule has 1 aromatic rings. The molecule has 1 aromatic carbocycles. The van der Waals surface area contributed by atoms with Gasteiger partial charge in [0.2, 0.25) is 0 Å². The number of benzene rings is 1. The van der Waals surface area contributed by atoms with E-state index in [1.165, 1.54) is 5.56 Å². The molecule has 0 aliphatic rings. The van der Waals surface area contributed by atoms with Crippen LogP contribution in [0.1, 0.15) is 26.3 Å². The topological polar surface area (TPSA) is 70.6 Å². The van der Waals surface area contributed by atoms with Crippen molar-refractivity contribution in [3.8, 4) is 0 Å². The maximum atomic E-state index is 8.57. The van der Waals surface area contributed by atoms with Crippen molar-refractivity contribution in [3.63, 3.8) is 0 Å². The van der Waals surface area contributed by atoms with Crippen molar-refractivity contribution in [1.82, 2.24) is 5.32 Å². The van der Waals surface area contributed by atoms with Gasteiger partial charge in [-0.25, -0.2) is 0 Å². The fraction of sp³-hybridized carbons (Fsp3) is 0.462. The Morgan fingerprint density at radius 2 is 2.00 bits per heavy atom. The van der Waals surface area contributed by atoms with Crippen LogP contribution < -0.4 is 11.1 Å². The summed E-state index contributed by atoms with van der Waals surface area (Å²) in [5, 5.41) is 14.8. The molecule has 0 spiro atoms. The van der Waals surface area contributed by atoms with Gasteiger partial charge in [0.1, 0.15) is 0 Å². The number of hydrogen-bond donors (Lipinski definition) is 3. The van der Waals surface area contributed by atoms with E-state index in [0.717, 1.165) is 6.54 Å². The van der Waals surface area contributed by atoms with E-state index < -0.39 is 0 Å². The van der Waals surface area contributed by atoms with Crippen LogP contribution in [-0.2, 0) is 5.41 Å². The molecule has 0 aliphatic heterocycles. The minimum Gasteiger partial charge on any atom is -0.409 e. The van der Waals surface area contributed by atoms with Crippen LogP contribution >= 0.6 is 0 Å². The van der Waals surface area contributed by atoms with Crippen LogP contribution in [0.15, 0.2) is 35.5 Å². The van der Waals surface area contributed by atoms with Gasteiger partial charge in [-0.1, -0.05) is 49.3 Å². The van der Waals surface area contributed by atoms with Gasteiger partial charge < -0.3 is 16.3 Å². The molecule has 1 rings (SSSR count). The van der Waals surface area contributed by atoms with E-state index in [0.29, 0.717) is 0 Å². The van der Waals surface area contributed by atoms with Crippen molar-refractivity contribution >= 4 is 5.84 Å². The highest BCUT2D eigenvalue weighted by molar-refractivity contribution is 5.84. The molecule has 17 heavy (non-hydrogen) atoms. The lowest BCUT2D eigenvalue weighted by atomic mass is 9.84. The average molecular weight is 235 g/mol. The molecule has 1 unspecified atom stereocenters. The molecule has 0 amide bonds. The summed E-state index contributed by atoms with van der Waals surface area (Å²) in [4.78, 5) is 0. The van der Waals surface area contributed by atoms with Gasteiger partial charge in [0.15, 0.2) is 5.84 Å². The van der Waals surface area contributed by atoms with Gasteiger partial charge in [0, 0.05) is 12.0 Å². The lowest BCUT2D eigenvalue weighted by Crippen LogP contribution is -2.44. The van der Waals surface area contributed by atoms with Gasteiger partial charge >= 0.3 is 0 Å². The predicted octanol–water partition coefficient (Wildman–Crippen LogP) is 1.69. The van der Waals surface area contributed by atoms with Crippen molar-refractivity contribution in [2.24, 2.45) is 10.9 Å². The minimum absolute atomic E-state index is 0.00521. The summed E-state index contributed by atoms with van der Waals surface area (Å²) in [7, 11) is 0. The van der Waals surface area contributed by atoms with Gasteiger partial charge in [-0.3, -0.25) is 0 Å². The molecule has 0 radical (unpaired) electrons. The summed E-state index contributed by atoms with van der Waals surface area (Å²) in [5.41, 5.74) is 6.79. The van der Waals surface area contributed by atoms with Gasteiger partial charge in [-0.2, -0.15) is 0 Å². The number of nitrogens with zero attached hydrogens (tertiary/aromatic N) is 1. The monoisotopic (exact) mass is 235 g/mol. The van der Waals surface area contributed by atoms with Crippen LogP contribution in [-0.4, -0.2) is 23.6 Å². The molecule has 94 valence electrons. The highest BCUT2D eigenvalue weighted by atomic mass is 16.4. The molecule has 0 aliphatic carbocycles. The molecule has 4 N–H and O–H groups in total. The maximum Gasteiger partial charge on any atom is 0.156 e. The van der Waals surface area contributed by atoms with Gasteiger partial charge in [-0.15, -0.1) is 0 Å². The normalized spacial score (nSPS) is 14.6. The van der Waals surface area contributed by atoms with E-state index in [2.05, 4.69) is 36.5 Å². The van der Waals surface area contributed by atoms with Crippen LogP contribution in [0.2, 0.25) is 0 Å². The average Bonchev–Trinajstić information content (AvgIpc) is 2.36. The van der Waals surface area contributed by atoms with Crippen LogP contribution in [0.3, 0.4) is 0 Å². The first-order chi connectivity index (χ1) is 7.97. The number of nitrogens with one attached hydrogen (secondary N) is 1. The second-order valence-corrected chi connectivity index (χ2v) is 4.88. The standard InChI is InChI=1S/C13H21N3O/c1-10(12(14)16-17)15-9-13(2,3)11-7-5-4-6-8-11/h4-8,10,15,17H,9H2,1-3H3,(H2,14,16). The molecular weight excluding hydrogens is 214 g/mol. The van der Waals surface area contributed by atoms with Crippen molar-refractivity contribution in [3.05, 3.63) is 35.9 Å². The third-order valence-corrected chi connectivity index (χ3v) is 2.96. The third-order valence-electron chi connectivity index (χ3n) is 2.96. The van der Waals surface area contributed by atoms with Crippen molar-refractivity contribution in [2.45, 2.75) is 32.2 Å². The summed E-state index contributed by atoms with van der Waals surface area (Å²) in [6.07, 6.45) is 0. The molecule has 4 nitrogen and oxygen atoms in total. The summed E-state index contributed by atoms with van der Waals surface area (Å²) in [5.74, 6) is 0.203. The molecule has 0 fully saturated rings. The van der Waals surface area contributed by atoms with Gasteiger partial charge in [0.25, 0.3) is 0 Å². The fourth-order valence-corrected chi connectivity index (χ4v) is 1.59. The quantitative estimate of drug-likeness (QED) is 0.315. The van der Waals surface area contributed by atoms with Crippen molar-refractivity contribution in [1.29, 1.82) is 0 Å². The Morgan fingerprint density at radius 3 is 2.53 bits per heavy atom. The summed E-state index contributed by atoms with van der Waals surface area (Å²) >= 11 is 0. The Bertz CT molecular complexity index is 374. The second-order valence-electron chi connectivity index (χ2n) is 4.88. The predicted molar refractivity (Wildman–Crippen MR) is 70.3 cm³/mol. The second kappa shape index (κ2) is 5.68. The van der Waals surface area contributed by atoms with E-state index in [4.69, 9.17) is 10.9 Å². The third kappa shape index (κ3) is 3.75. The Balaban J connectivity index is 2.62. The van der Waals surface area contributed by atoms with Crippen LogP contribution in [0.25, 0.3) is 0 Å². The first kappa shape index (κ1) is 13.5. The lowest BCUT2D eigenvalue weighted by molar-refractivity contribution is 0.314. The zero-order valence-electron chi connectivity index (χ0n) is 10.6. The minimum atomic E-state index is -0.136. The van der Waals surface area contributed by atoms with Crippen LogP contribution in [0.5, 0.6) is 0 Å². The zero-order chi connectivity index (χ0) is 12.9. The molecule has 0 bridgehead atoms. The SMILES string of the molecule is CC(NCC(C)(C)c1ccccc1)C(N)=NO. The lowest BCUT2D eigenvalue weighted by Gasteiger charge is -2.27. The van der Waals surface area contributed by atoms with E-state index in [9.17, 15) is 0 Å². The van der Waals surface area contributed by atoms with Crippen LogP contribution in [0.4, 0.5) is 0 Å². The number of amidine groups is 1. The molecule has 0 saturated heterocycles. The molecule has 0 heterocycles. The van der Waals surface area contributed by atoms with E-state index in [1.54, 1.807) is 0 Å². The number of nitrogens with two attached hydrogens (primary N) is 1. The largest absolute Gasteiger partial charge is 0.409 e. The molecular formula is C13H21N3O. The zero-order valence-corrected chi connectivity index (χ0v) is 10.6. The fourth-order valence-electron chi connectivity index (χ4n) is 1.59. The van der Waals surface area contributed by atoms with Gasteiger partial charge in [-0.05, 0) is 12.5 Å². The number of hydrogen-bond acceptors (Lipinski definition) is 3. The molecule has 4 heteroatoms. The Kier molecular flexibility index (Phi) is 4.52. The summed E-state index contributed by atoms with van der Waals surface area (Å²) < 4.78 is 0. The van der Waals surface area contributed by atoms with Crippen molar-refractivity contribution < 1.29 is 5.21 Å². The summed E-state index contributed by atoms with van der Waals surface area (Å²) in [6.45, 7) is 6.95. The number of rotatable bonds is 5. The maximum absolute atomic E-state index is 8.57.